The van der Waals surface area contributed by atoms with Crippen LogP contribution >= 0.6 is 11.3 Å². The van der Waals surface area contributed by atoms with Crippen LogP contribution < -0.4 is 10.6 Å². The van der Waals surface area contributed by atoms with E-state index in [2.05, 4.69) is 10.6 Å². The molecule has 10 heteroatoms. The van der Waals surface area contributed by atoms with Gasteiger partial charge in [-0.1, -0.05) is 6.07 Å². The van der Waals surface area contributed by atoms with E-state index < -0.39 is 18.5 Å². The molecular weight excluding hydrogens is 434 g/mol. The van der Waals surface area contributed by atoms with E-state index in [-0.39, 0.29) is 23.6 Å². The smallest absolute Gasteiger partial charge is 0.409 e. The fraction of sp³-hybridized carbons (Fsp3) is 0.364. The summed E-state index contributed by atoms with van der Waals surface area (Å²) >= 11 is 1.34. The molecule has 0 unspecified atom stereocenters. The van der Waals surface area contributed by atoms with Crippen LogP contribution in [0.2, 0.25) is 0 Å². The predicted octanol–water partition coefficient (Wildman–Crippen LogP) is 2.89. The van der Waals surface area contributed by atoms with Gasteiger partial charge in [-0.2, -0.15) is 0 Å². The molecule has 0 aliphatic carbocycles. The van der Waals surface area contributed by atoms with Crippen LogP contribution in [-0.2, 0) is 14.3 Å². The molecule has 0 radical (unpaired) electrons. The van der Waals surface area contributed by atoms with E-state index in [4.69, 9.17) is 9.47 Å². The molecule has 9 nitrogen and oxygen atoms in total. The lowest BCUT2D eigenvalue weighted by atomic mass is 10.1. The Morgan fingerprint density at radius 1 is 1.06 bits per heavy atom. The molecule has 1 aliphatic rings. The number of carbonyl (C=O) groups excluding carboxylic acids is 4. The number of nitrogens with zero attached hydrogens (tertiary/aromatic N) is 1. The van der Waals surface area contributed by atoms with Crippen molar-refractivity contribution in [2.75, 3.05) is 31.6 Å². The van der Waals surface area contributed by atoms with Gasteiger partial charge in [-0.25, -0.2) is 9.59 Å². The van der Waals surface area contributed by atoms with Crippen LogP contribution in [0.4, 0.5) is 10.5 Å². The molecule has 0 bridgehead atoms. The van der Waals surface area contributed by atoms with E-state index in [1.165, 1.54) is 23.5 Å². The number of piperidine rings is 1. The Labute approximate surface area is 189 Å². The van der Waals surface area contributed by atoms with Crippen LogP contribution in [0.25, 0.3) is 0 Å². The quantitative estimate of drug-likeness (QED) is 0.616. The number of rotatable bonds is 7. The largest absolute Gasteiger partial charge is 0.452 e. The molecule has 1 aromatic carbocycles. The van der Waals surface area contributed by atoms with Gasteiger partial charge in [0.1, 0.15) is 0 Å². The maximum absolute atomic E-state index is 12.2. The number of esters is 1. The van der Waals surface area contributed by atoms with Crippen molar-refractivity contribution in [1.29, 1.82) is 0 Å². The van der Waals surface area contributed by atoms with Crippen LogP contribution in [-0.4, -0.2) is 61.1 Å². The highest BCUT2D eigenvalue weighted by atomic mass is 32.1. The summed E-state index contributed by atoms with van der Waals surface area (Å²) in [4.78, 5) is 50.3. The first kappa shape index (κ1) is 23.3. The molecule has 170 valence electrons. The van der Waals surface area contributed by atoms with E-state index >= 15 is 0 Å². The van der Waals surface area contributed by atoms with Crippen molar-refractivity contribution in [3.05, 3.63) is 52.2 Å². The number of likely N-dealkylation sites (tertiary alicyclic amines) is 1. The molecule has 0 spiro atoms. The molecule has 0 atom stereocenters. The van der Waals surface area contributed by atoms with Gasteiger partial charge in [-0.15, -0.1) is 11.3 Å². The van der Waals surface area contributed by atoms with E-state index in [1.54, 1.807) is 36.1 Å². The van der Waals surface area contributed by atoms with Crippen molar-refractivity contribution >= 4 is 40.9 Å². The molecule has 3 rings (SSSR count). The fourth-order valence-electron chi connectivity index (χ4n) is 3.20. The first-order valence-electron chi connectivity index (χ1n) is 10.3. The van der Waals surface area contributed by atoms with Crippen molar-refractivity contribution in [2.24, 2.45) is 0 Å². The zero-order chi connectivity index (χ0) is 22.9. The number of thiophene rings is 1. The highest BCUT2D eigenvalue weighted by Gasteiger charge is 2.24. The third-order valence-corrected chi connectivity index (χ3v) is 5.71. The maximum atomic E-state index is 12.2. The highest BCUT2D eigenvalue weighted by molar-refractivity contribution is 7.12. The molecule has 0 saturated carbocycles. The van der Waals surface area contributed by atoms with E-state index in [1.807, 2.05) is 5.38 Å². The number of hydrogen-bond acceptors (Lipinski definition) is 7. The van der Waals surface area contributed by atoms with Crippen LogP contribution in [0, 0.1) is 0 Å². The third-order valence-electron chi connectivity index (χ3n) is 4.84. The predicted molar refractivity (Wildman–Crippen MR) is 119 cm³/mol. The number of hydrogen-bond donors (Lipinski definition) is 2. The Morgan fingerprint density at radius 3 is 2.41 bits per heavy atom. The van der Waals surface area contributed by atoms with Crippen molar-refractivity contribution in [1.82, 2.24) is 10.2 Å². The Morgan fingerprint density at radius 2 is 1.78 bits per heavy atom. The summed E-state index contributed by atoms with van der Waals surface area (Å²) in [6.07, 6.45) is 0.872. The second-order valence-corrected chi connectivity index (χ2v) is 8.06. The first-order chi connectivity index (χ1) is 15.5. The Kier molecular flexibility index (Phi) is 8.20. The molecular formula is C22H25N3O6S. The summed E-state index contributed by atoms with van der Waals surface area (Å²) in [6.45, 7) is 2.68. The monoisotopic (exact) mass is 459 g/mol. The second kappa shape index (κ2) is 11.3. The first-order valence-corrected chi connectivity index (χ1v) is 11.2. The minimum absolute atomic E-state index is 0.0851. The van der Waals surface area contributed by atoms with Gasteiger partial charge < -0.3 is 25.0 Å². The molecule has 2 heterocycles. The Hall–Kier alpha value is -3.40. The Bertz CT molecular complexity index is 937. The number of anilines is 1. The molecule has 1 fully saturated rings. The van der Waals surface area contributed by atoms with Crippen LogP contribution in [0.3, 0.4) is 0 Å². The van der Waals surface area contributed by atoms with Gasteiger partial charge in [-0.05, 0) is 55.5 Å². The van der Waals surface area contributed by atoms with E-state index in [9.17, 15) is 19.2 Å². The molecule has 1 aromatic heterocycles. The van der Waals surface area contributed by atoms with Gasteiger partial charge in [0, 0.05) is 24.8 Å². The number of ether oxygens (including phenoxy) is 2. The molecule has 1 saturated heterocycles. The van der Waals surface area contributed by atoms with Crippen molar-refractivity contribution in [2.45, 2.75) is 25.8 Å². The lowest BCUT2D eigenvalue weighted by molar-refractivity contribution is -0.125. The lowest BCUT2D eigenvalue weighted by Crippen LogP contribution is -2.47. The van der Waals surface area contributed by atoms with Crippen LogP contribution in [0.1, 0.15) is 39.8 Å². The fourth-order valence-corrected chi connectivity index (χ4v) is 3.81. The van der Waals surface area contributed by atoms with Gasteiger partial charge in [0.15, 0.2) is 6.61 Å². The highest BCUT2D eigenvalue weighted by Crippen LogP contribution is 2.15. The summed E-state index contributed by atoms with van der Waals surface area (Å²) in [5.41, 5.74) is 0.821. The summed E-state index contributed by atoms with van der Waals surface area (Å²) in [5, 5.41) is 7.38. The van der Waals surface area contributed by atoms with Gasteiger partial charge >= 0.3 is 12.1 Å². The summed E-state index contributed by atoms with van der Waals surface area (Å²) in [6, 6.07) is 9.67. The zero-order valence-electron chi connectivity index (χ0n) is 17.7. The van der Waals surface area contributed by atoms with Crippen molar-refractivity contribution < 1.29 is 28.7 Å². The normalized spacial score (nSPS) is 13.8. The summed E-state index contributed by atoms with van der Waals surface area (Å²) in [5.74, 6) is -1.25. The minimum atomic E-state index is -0.631. The average molecular weight is 460 g/mol. The molecule has 2 N–H and O–H groups in total. The topological polar surface area (TPSA) is 114 Å². The van der Waals surface area contributed by atoms with Gasteiger partial charge in [0.2, 0.25) is 0 Å². The number of carbonyl (C=O) groups is 4. The Balaban J connectivity index is 1.39. The minimum Gasteiger partial charge on any atom is -0.452 e. The molecule has 2 aromatic rings. The lowest BCUT2D eigenvalue weighted by Gasteiger charge is -2.31. The number of nitrogens with one attached hydrogen (secondary N) is 2. The van der Waals surface area contributed by atoms with Crippen molar-refractivity contribution in [3.8, 4) is 0 Å². The summed E-state index contributed by atoms with van der Waals surface area (Å²) < 4.78 is 10.1. The third kappa shape index (κ3) is 6.55. The molecule has 1 aliphatic heterocycles. The van der Waals surface area contributed by atoms with Gasteiger partial charge in [0.05, 0.1) is 17.0 Å². The van der Waals surface area contributed by atoms with Crippen LogP contribution in [0.15, 0.2) is 41.8 Å². The zero-order valence-corrected chi connectivity index (χ0v) is 18.5. The average Bonchev–Trinajstić information content (AvgIpc) is 3.34. The van der Waals surface area contributed by atoms with Crippen LogP contribution in [0.5, 0.6) is 0 Å². The van der Waals surface area contributed by atoms with Gasteiger partial charge in [-0.3, -0.25) is 9.59 Å². The second-order valence-electron chi connectivity index (χ2n) is 7.11. The van der Waals surface area contributed by atoms with E-state index in [0.29, 0.717) is 43.1 Å². The molecule has 32 heavy (non-hydrogen) atoms. The molecule has 3 amide bonds. The standard InChI is InChI=1S/C22H25N3O6S/c1-2-30-22(29)25-11-9-17(10-12-25)23-19(26)14-31-21(28)15-5-7-16(8-6-15)24-20(27)18-4-3-13-32-18/h3-8,13,17H,2,9-12,14H2,1H3,(H,23,26)(H,24,27). The van der Waals surface area contributed by atoms with E-state index in [0.717, 1.165) is 0 Å². The van der Waals surface area contributed by atoms with Gasteiger partial charge in [0.25, 0.3) is 11.8 Å². The number of benzene rings is 1. The maximum Gasteiger partial charge on any atom is 0.409 e. The number of amides is 3. The summed E-state index contributed by atoms with van der Waals surface area (Å²) in [7, 11) is 0. The van der Waals surface area contributed by atoms with Crippen molar-refractivity contribution in [3.63, 3.8) is 0 Å². The SMILES string of the molecule is CCOC(=O)N1CCC(NC(=O)COC(=O)c2ccc(NC(=O)c3cccs3)cc2)CC1.